The topological polar surface area (TPSA) is 50.4 Å². The van der Waals surface area contributed by atoms with Crippen molar-refractivity contribution in [1.29, 1.82) is 0 Å². The van der Waals surface area contributed by atoms with Crippen molar-refractivity contribution in [1.82, 2.24) is 0 Å². The molecule has 2 rings (SSSR count). The maximum absolute atomic E-state index is 10.5. The molecule has 0 saturated carbocycles. The molecule has 0 aliphatic carbocycles. The van der Waals surface area contributed by atoms with Gasteiger partial charge in [0.25, 0.3) is 0 Å². The second-order valence-electron chi connectivity index (χ2n) is 3.61. The summed E-state index contributed by atoms with van der Waals surface area (Å²) in [6, 6.07) is 9.73. The summed E-state index contributed by atoms with van der Waals surface area (Å²) in [5, 5.41) is 8.61. The van der Waals surface area contributed by atoms with Gasteiger partial charge in [-0.15, -0.1) is 0 Å². The highest BCUT2D eigenvalue weighted by molar-refractivity contribution is 5.67. The molecule has 0 unspecified atom stereocenters. The van der Waals surface area contributed by atoms with Crippen LogP contribution in [0.1, 0.15) is 12.0 Å². The van der Waals surface area contributed by atoms with Gasteiger partial charge in [0.2, 0.25) is 0 Å². The third-order valence-corrected chi connectivity index (χ3v) is 2.41. The Bertz CT molecular complexity index is 472. The van der Waals surface area contributed by atoms with E-state index in [1.54, 1.807) is 12.5 Å². The summed E-state index contributed by atoms with van der Waals surface area (Å²) in [5.41, 5.74) is 3.09. The van der Waals surface area contributed by atoms with Crippen LogP contribution in [0.25, 0.3) is 11.1 Å². The third kappa shape index (κ3) is 2.51. The van der Waals surface area contributed by atoms with Gasteiger partial charge >= 0.3 is 5.97 Å². The summed E-state index contributed by atoms with van der Waals surface area (Å²) < 4.78 is 5.01. The minimum Gasteiger partial charge on any atom is -0.481 e. The van der Waals surface area contributed by atoms with E-state index in [-0.39, 0.29) is 6.42 Å². The Morgan fingerprint density at radius 3 is 2.81 bits per heavy atom. The standard InChI is InChI=1S/C13H12O3/c14-13(15)5-4-10-2-1-3-11(8-10)12-6-7-16-9-12/h1-3,6-9H,4-5H2,(H,14,15). The molecule has 1 heterocycles. The second-order valence-corrected chi connectivity index (χ2v) is 3.61. The van der Waals surface area contributed by atoms with Gasteiger partial charge in [0.1, 0.15) is 0 Å². The first-order valence-corrected chi connectivity index (χ1v) is 5.09. The smallest absolute Gasteiger partial charge is 0.303 e. The van der Waals surface area contributed by atoms with Crippen LogP contribution in [0.15, 0.2) is 47.3 Å². The number of hydrogen-bond acceptors (Lipinski definition) is 2. The first-order chi connectivity index (χ1) is 7.75. The Morgan fingerprint density at radius 1 is 1.25 bits per heavy atom. The van der Waals surface area contributed by atoms with Crippen LogP contribution >= 0.6 is 0 Å². The lowest BCUT2D eigenvalue weighted by atomic mass is 10.0. The fourth-order valence-electron chi connectivity index (χ4n) is 1.59. The molecule has 82 valence electrons. The van der Waals surface area contributed by atoms with Gasteiger partial charge in [-0.1, -0.05) is 24.3 Å². The van der Waals surface area contributed by atoms with E-state index in [0.29, 0.717) is 6.42 Å². The molecule has 1 aromatic heterocycles. The SMILES string of the molecule is O=C(O)CCc1cccc(-c2ccoc2)c1. The highest BCUT2D eigenvalue weighted by Gasteiger charge is 2.02. The van der Waals surface area contributed by atoms with Crippen molar-refractivity contribution >= 4 is 5.97 Å². The normalized spacial score (nSPS) is 10.2. The molecule has 0 amide bonds. The summed E-state index contributed by atoms with van der Waals surface area (Å²) in [7, 11) is 0. The molecule has 2 aromatic rings. The lowest BCUT2D eigenvalue weighted by Crippen LogP contribution is -1.97. The minimum absolute atomic E-state index is 0.162. The predicted octanol–water partition coefficient (Wildman–Crippen LogP) is 2.96. The molecule has 0 spiro atoms. The zero-order valence-electron chi connectivity index (χ0n) is 8.72. The average Bonchev–Trinajstić information content (AvgIpc) is 2.80. The van der Waals surface area contributed by atoms with Crippen LogP contribution in [0.2, 0.25) is 0 Å². The Hall–Kier alpha value is -2.03. The molecule has 0 radical (unpaired) electrons. The summed E-state index contributed by atoms with van der Waals surface area (Å²) in [5.74, 6) is -0.770. The Morgan fingerprint density at radius 2 is 2.12 bits per heavy atom. The van der Waals surface area contributed by atoms with Crippen molar-refractivity contribution in [2.24, 2.45) is 0 Å². The number of aryl methyl sites for hydroxylation is 1. The molecule has 16 heavy (non-hydrogen) atoms. The lowest BCUT2D eigenvalue weighted by Gasteiger charge is -2.02. The summed E-state index contributed by atoms with van der Waals surface area (Å²) in [4.78, 5) is 10.5. The Kier molecular flexibility index (Phi) is 3.05. The number of carbonyl (C=O) groups is 1. The second kappa shape index (κ2) is 4.66. The molecule has 0 aliphatic rings. The Balaban J connectivity index is 2.17. The number of carboxylic acids is 1. The van der Waals surface area contributed by atoms with Crippen LogP contribution in [0.5, 0.6) is 0 Å². The minimum atomic E-state index is -0.770. The van der Waals surface area contributed by atoms with Crippen LogP contribution in [0.3, 0.4) is 0 Å². The third-order valence-electron chi connectivity index (χ3n) is 2.41. The predicted molar refractivity (Wildman–Crippen MR) is 60.1 cm³/mol. The number of benzene rings is 1. The highest BCUT2D eigenvalue weighted by atomic mass is 16.4. The van der Waals surface area contributed by atoms with Crippen LogP contribution in [-0.4, -0.2) is 11.1 Å². The highest BCUT2D eigenvalue weighted by Crippen LogP contribution is 2.21. The quantitative estimate of drug-likeness (QED) is 0.854. The number of hydrogen-bond donors (Lipinski definition) is 1. The zero-order valence-corrected chi connectivity index (χ0v) is 8.72. The first kappa shape index (κ1) is 10.5. The van der Waals surface area contributed by atoms with Gasteiger partial charge in [-0.05, 0) is 23.6 Å². The summed E-state index contributed by atoms with van der Waals surface area (Å²) in [6.45, 7) is 0. The lowest BCUT2D eigenvalue weighted by molar-refractivity contribution is -0.136. The van der Waals surface area contributed by atoms with Gasteiger partial charge in [0, 0.05) is 12.0 Å². The molecule has 0 aliphatic heterocycles. The van der Waals surface area contributed by atoms with Crippen molar-refractivity contribution in [3.63, 3.8) is 0 Å². The molecule has 3 nitrogen and oxygen atoms in total. The zero-order chi connectivity index (χ0) is 11.4. The number of carboxylic acid groups (broad SMARTS) is 1. The fourth-order valence-corrected chi connectivity index (χ4v) is 1.59. The van der Waals surface area contributed by atoms with Crippen molar-refractivity contribution in [2.45, 2.75) is 12.8 Å². The Labute approximate surface area is 93.3 Å². The number of rotatable bonds is 4. The molecule has 0 saturated heterocycles. The molecule has 1 aromatic carbocycles. The van der Waals surface area contributed by atoms with Crippen molar-refractivity contribution < 1.29 is 14.3 Å². The van der Waals surface area contributed by atoms with Gasteiger partial charge in [-0.2, -0.15) is 0 Å². The maximum atomic E-state index is 10.5. The summed E-state index contributed by atoms with van der Waals surface area (Å²) >= 11 is 0. The van der Waals surface area contributed by atoms with Crippen molar-refractivity contribution in [3.05, 3.63) is 48.4 Å². The van der Waals surface area contributed by atoms with E-state index in [1.807, 2.05) is 30.3 Å². The van der Waals surface area contributed by atoms with Crippen molar-refractivity contribution in [2.75, 3.05) is 0 Å². The van der Waals surface area contributed by atoms with E-state index < -0.39 is 5.97 Å². The van der Waals surface area contributed by atoms with Gasteiger partial charge in [-0.3, -0.25) is 4.79 Å². The van der Waals surface area contributed by atoms with Gasteiger partial charge in [-0.25, -0.2) is 0 Å². The van der Waals surface area contributed by atoms with Gasteiger partial charge < -0.3 is 9.52 Å². The average molecular weight is 216 g/mol. The van der Waals surface area contributed by atoms with Crippen LogP contribution in [-0.2, 0) is 11.2 Å². The van der Waals surface area contributed by atoms with E-state index in [1.165, 1.54) is 0 Å². The molecule has 0 fully saturated rings. The van der Waals surface area contributed by atoms with E-state index >= 15 is 0 Å². The molecule has 0 atom stereocenters. The molecule has 0 bridgehead atoms. The van der Waals surface area contributed by atoms with E-state index in [4.69, 9.17) is 9.52 Å². The molecule has 1 N–H and O–H groups in total. The van der Waals surface area contributed by atoms with Gasteiger partial charge in [0.05, 0.1) is 12.5 Å². The molecular weight excluding hydrogens is 204 g/mol. The van der Waals surface area contributed by atoms with Crippen molar-refractivity contribution in [3.8, 4) is 11.1 Å². The van der Waals surface area contributed by atoms with E-state index in [0.717, 1.165) is 16.7 Å². The molecule has 3 heteroatoms. The molecular formula is C13H12O3. The number of furan rings is 1. The fraction of sp³-hybridized carbons (Fsp3) is 0.154. The summed E-state index contributed by atoms with van der Waals surface area (Å²) in [6.07, 6.45) is 4.02. The van der Waals surface area contributed by atoms with Gasteiger partial charge in [0.15, 0.2) is 0 Å². The van der Waals surface area contributed by atoms with Crippen LogP contribution in [0, 0.1) is 0 Å². The van der Waals surface area contributed by atoms with E-state index in [9.17, 15) is 4.79 Å². The largest absolute Gasteiger partial charge is 0.481 e. The first-order valence-electron chi connectivity index (χ1n) is 5.09. The van der Waals surface area contributed by atoms with Crippen LogP contribution in [0.4, 0.5) is 0 Å². The van der Waals surface area contributed by atoms with E-state index in [2.05, 4.69) is 0 Å². The number of aliphatic carboxylic acids is 1. The monoisotopic (exact) mass is 216 g/mol. The van der Waals surface area contributed by atoms with Crippen LogP contribution < -0.4 is 0 Å². The maximum Gasteiger partial charge on any atom is 0.303 e.